The lowest BCUT2D eigenvalue weighted by molar-refractivity contribution is -0.111. The van der Waals surface area contributed by atoms with Crippen LogP contribution in [0.4, 0.5) is 5.82 Å². The maximum Gasteiger partial charge on any atom is 0.249 e. The molecule has 0 fully saturated rings. The number of aryl methyl sites for hydroxylation is 4. The van der Waals surface area contributed by atoms with Gasteiger partial charge in [0.05, 0.1) is 11.2 Å². The SMILES string of the molecule is Cc1cc(C)c2nc(-n3nc(C)cc3NC(=O)/C=C/c3ccc(Cl)cc3Cl)cc(C)c2c1. The van der Waals surface area contributed by atoms with Gasteiger partial charge in [0.25, 0.3) is 0 Å². The highest BCUT2D eigenvalue weighted by Gasteiger charge is 2.14. The summed E-state index contributed by atoms with van der Waals surface area (Å²) in [5.41, 5.74) is 5.79. The number of fused-ring (bicyclic) bond motifs is 1. The second-order valence-corrected chi connectivity index (χ2v) is 8.69. The van der Waals surface area contributed by atoms with Crippen LogP contribution < -0.4 is 5.32 Å². The van der Waals surface area contributed by atoms with Crippen LogP contribution in [0.5, 0.6) is 0 Å². The van der Waals surface area contributed by atoms with E-state index in [0.29, 0.717) is 27.2 Å². The quantitative estimate of drug-likeness (QED) is 0.345. The van der Waals surface area contributed by atoms with Crippen molar-refractivity contribution >= 4 is 51.9 Å². The molecule has 7 heteroatoms. The fourth-order valence-electron chi connectivity index (χ4n) is 3.67. The Labute approximate surface area is 196 Å². The zero-order chi connectivity index (χ0) is 23.0. The van der Waals surface area contributed by atoms with Crippen LogP contribution in [0.3, 0.4) is 0 Å². The molecule has 0 aliphatic carbocycles. The molecule has 0 saturated heterocycles. The number of nitrogens with zero attached hydrogens (tertiary/aromatic N) is 3. The molecule has 2 aromatic carbocycles. The van der Waals surface area contributed by atoms with Crippen molar-refractivity contribution in [1.29, 1.82) is 0 Å². The number of aromatic nitrogens is 3. The minimum Gasteiger partial charge on any atom is -0.307 e. The number of halogens is 2. The van der Waals surface area contributed by atoms with Crippen LogP contribution in [-0.2, 0) is 4.79 Å². The maximum atomic E-state index is 12.6. The average molecular weight is 465 g/mol. The van der Waals surface area contributed by atoms with E-state index in [1.807, 2.05) is 19.1 Å². The van der Waals surface area contributed by atoms with E-state index in [9.17, 15) is 4.79 Å². The summed E-state index contributed by atoms with van der Waals surface area (Å²) in [5.74, 6) is 0.881. The van der Waals surface area contributed by atoms with Crippen molar-refractivity contribution in [2.75, 3.05) is 5.32 Å². The summed E-state index contributed by atoms with van der Waals surface area (Å²) in [6, 6.07) is 13.2. The highest BCUT2D eigenvalue weighted by Crippen LogP contribution is 2.26. The van der Waals surface area contributed by atoms with E-state index < -0.39 is 0 Å². The molecule has 2 heterocycles. The summed E-state index contributed by atoms with van der Waals surface area (Å²) in [4.78, 5) is 17.4. The molecule has 2 aromatic heterocycles. The zero-order valence-corrected chi connectivity index (χ0v) is 19.7. The Morgan fingerprint density at radius 1 is 1.00 bits per heavy atom. The first-order valence-corrected chi connectivity index (χ1v) is 10.9. The monoisotopic (exact) mass is 464 g/mol. The van der Waals surface area contributed by atoms with Gasteiger partial charge in [-0.25, -0.2) is 4.98 Å². The van der Waals surface area contributed by atoms with Gasteiger partial charge in [0.1, 0.15) is 5.82 Å². The fraction of sp³-hybridized carbons (Fsp3) is 0.160. The molecule has 32 heavy (non-hydrogen) atoms. The van der Waals surface area contributed by atoms with Crippen LogP contribution in [0, 0.1) is 27.7 Å². The smallest absolute Gasteiger partial charge is 0.249 e. The molecule has 4 rings (SSSR count). The maximum absolute atomic E-state index is 12.6. The topological polar surface area (TPSA) is 59.8 Å². The molecule has 5 nitrogen and oxygen atoms in total. The zero-order valence-electron chi connectivity index (χ0n) is 18.2. The van der Waals surface area contributed by atoms with Crippen molar-refractivity contribution < 1.29 is 4.79 Å². The molecule has 0 saturated carbocycles. The molecule has 0 unspecified atom stereocenters. The number of hydrogen-bond acceptors (Lipinski definition) is 3. The molecule has 162 valence electrons. The molecule has 0 aliphatic rings. The van der Waals surface area contributed by atoms with E-state index in [1.165, 1.54) is 11.6 Å². The Morgan fingerprint density at radius 3 is 2.53 bits per heavy atom. The van der Waals surface area contributed by atoms with E-state index >= 15 is 0 Å². The largest absolute Gasteiger partial charge is 0.307 e. The Balaban J connectivity index is 1.66. The van der Waals surface area contributed by atoms with Crippen LogP contribution in [0.1, 0.15) is 27.9 Å². The number of amides is 1. The number of benzene rings is 2. The van der Waals surface area contributed by atoms with Crippen LogP contribution in [0.15, 0.2) is 48.5 Å². The van der Waals surface area contributed by atoms with Gasteiger partial charge in [-0.1, -0.05) is 40.9 Å². The molecule has 4 aromatic rings. The van der Waals surface area contributed by atoms with Gasteiger partial charge in [-0.05, 0) is 74.7 Å². The third-order valence-corrected chi connectivity index (χ3v) is 5.68. The number of hydrogen-bond donors (Lipinski definition) is 1. The predicted octanol–water partition coefficient (Wildman–Crippen LogP) is 6.61. The summed E-state index contributed by atoms with van der Waals surface area (Å²) in [6.45, 7) is 8.06. The van der Waals surface area contributed by atoms with Crippen molar-refractivity contribution in [1.82, 2.24) is 14.8 Å². The number of anilines is 1. The van der Waals surface area contributed by atoms with Gasteiger partial charge in [-0.2, -0.15) is 9.78 Å². The molecule has 1 amide bonds. The first kappa shape index (κ1) is 22.1. The molecule has 0 spiro atoms. The number of rotatable bonds is 4. The third-order valence-electron chi connectivity index (χ3n) is 5.12. The first-order chi connectivity index (χ1) is 15.2. The van der Waals surface area contributed by atoms with E-state index in [-0.39, 0.29) is 5.91 Å². The van der Waals surface area contributed by atoms with Gasteiger partial charge in [-0.15, -0.1) is 0 Å². The Kier molecular flexibility index (Phi) is 6.04. The third kappa shape index (κ3) is 4.54. The molecule has 1 N–H and O–H groups in total. The van der Waals surface area contributed by atoms with Crippen molar-refractivity contribution in [3.8, 4) is 5.82 Å². The first-order valence-electron chi connectivity index (χ1n) is 10.1. The van der Waals surface area contributed by atoms with Crippen molar-refractivity contribution in [2.45, 2.75) is 27.7 Å². The Bertz CT molecular complexity index is 1390. The minimum absolute atomic E-state index is 0.304. The van der Waals surface area contributed by atoms with Crippen molar-refractivity contribution in [2.24, 2.45) is 0 Å². The second kappa shape index (κ2) is 8.77. The molecular weight excluding hydrogens is 443 g/mol. The van der Waals surface area contributed by atoms with Gasteiger partial charge in [0.15, 0.2) is 5.82 Å². The minimum atomic E-state index is -0.304. The Hall–Kier alpha value is -3.15. The van der Waals surface area contributed by atoms with Crippen molar-refractivity contribution in [3.05, 3.63) is 86.5 Å². The summed E-state index contributed by atoms with van der Waals surface area (Å²) in [7, 11) is 0. The number of carbonyl (C=O) groups is 1. The van der Waals surface area contributed by atoms with Gasteiger partial charge in [-0.3, -0.25) is 4.79 Å². The molecule has 0 aliphatic heterocycles. The summed E-state index contributed by atoms with van der Waals surface area (Å²) < 4.78 is 1.65. The number of nitrogens with one attached hydrogen (secondary N) is 1. The van der Waals surface area contributed by atoms with E-state index in [1.54, 1.807) is 29.0 Å². The van der Waals surface area contributed by atoms with Gasteiger partial charge < -0.3 is 5.32 Å². The number of pyridine rings is 1. The molecule has 0 radical (unpaired) electrons. The van der Waals surface area contributed by atoms with E-state index in [4.69, 9.17) is 28.2 Å². The van der Waals surface area contributed by atoms with Crippen molar-refractivity contribution in [3.63, 3.8) is 0 Å². The van der Waals surface area contributed by atoms with Gasteiger partial charge in [0.2, 0.25) is 5.91 Å². The lowest BCUT2D eigenvalue weighted by Crippen LogP contribution is -2.13. The standard InChI is InChI=1S/C25H22Cl2N4O/c1-14-9-16(3)25-20(10-14)15(2)11-22(29-25)31-23(12-17(4)30-31)28-24(32)8-6-18-5-7-19(26)13-21(18)27/h5-13H,1-4H3,(H,28,32)/b8-6+. The van der Waals surface area contributed by atoms with E-state index in [2.05, 4.69) is 43.3 Å². The predicted molar refractivity (Wildman–Crippen MR) is 132 cm³/mol. The van der Waals surface area contributed by atoms with Crippen LogP contribution in [0.25, 0.3) is 22.8 Å². The van der Waals surface area contributed by atoms with E-state index in [0.717, 1.165) is 27.7 Å². The van der Waals surface area contributed by atoms with Gasteiger partial charge in [0, 0.05) is 27.6 Å². The normalized spacial score (nSPS) is 11.4. The second-order valence-electron chi connectivity index (χ2n) is 7.85. The number of carbonyl (C=O) groups excluding carboxylic acids is 1. The van der Waals surface area contributed by atoms with Gasteiger partial charge >= 0.3 is 0 Å². The van der Waals surface area contributed by atoms with Crippen LogP contribution in [-0.4, -0.2) is 20.7 Å². The highest BCUT2D eigenvalue weighted by atomic mass is 35.5. The molecular formula is C25H22Cl2N4O. The van der Waals surface area contributed by atoms with Crippen LogP contribution >= 0.6 is 23.2 Å². The lowest BCUT2D eigenvalue weighted by Gasteiger charge is -2.12. The molecule has 0 atom stereocenters. The van der Waals surface area contributed by atoms with Crippen LogP contribution in [0.2, 0.25) is 10.0 Å². The summed E-state index contributed by atoms with van der Waals surface area (Å²) in [6.07, 6.45) is 3.07. The fourth-order valence-corrected chi connectivity index (χ4v) is 4.14. The summed E-state index contributed by atoms with van der Waals surface area (Å²) >= 11 is 12.1. The summed E-state index contributed by atoms with van der Waals surface area (Å²) in [5, 5.41) is 9.57. The highest BCUT2D eigenvalue weighted by molar-refractivity contribution is 6.35. The lowest BCUT2D eigenvalue weighted by atomic mass is 10.0. The Morgan fingerprint density at radius 2 is 1.78 bits per heavy atom. The molecule has 0 bridgehead atoms. The average Bonchev–Trinajstić information content (AvgIpc) is 3.08.